The van der Waals surface area contributed by atoms with E-state index >= 15 is 0 Å². The van der Waals surface area contributed by atoms with Gasteiger partial charge in [-0.25, -0.2) is 8.42 Å². The summed E-state index contributed by atoms with van der Waals surface area (Å²) in [5.41, 5.74) is 3.27. The van der Waals surface area contributed by atoms with Crippen molar-refractivity contribution in [3.05, 3.63) is 58.1 Å². The molecular weight excluding hydrogens is 391 g/mol. The molecular formula is C15H14Cl2N2O3S2. The Kier molecular flexibility index (Phi) is 6.54. The molecule has 0 aliphatic rings. The number of benzene rings is 2. The van der Waals surface area contributed by atoms with Gasteiger partial charge in [-0.2, -0.15) is 0 Å². The summed E-state index contributed by atoms with van der Waals surface area (Å²) in [7, 11) is -4.00. The highest BCUT2D eigenvalue weighted by molar-refractivity contribution is 8.00. The van der Waals surface area contributed by atoms with Crippen molar-refractivity contribution < 1.29 is 13.2 Å². The lowest BCUT2D eigenvalue weighted by molar-refractivity contribution is -0.119. The van der Waals surface area contributed by atoms with E-state index in [1.165, 1.54) is 30.0 Å². The third-order valence-electron chi connectivity index (χ3n) is 2.90. The minimum absolute atomic E-state index is 0.00943. The summed E-state index contributed by atoms with van der Waals surface area (Å²) in [6.45, 7) is 1.97. The molecule has 9 heteroatoms. The van der Waals surface area contributed by atoms with Crippen LogP contribution in [0.2, 0.25) is 10.0 Å². The van der Waals surface area contributed by atoms with E-state index in [9.17, 15) is 13.2 Å². The van der Waals surface area contributed by atoms with Gasteiger partial charge in [-0.15, -0.1) is 16.6 Å². The highest BCUT2D eigenvalue weighted by Gasteiger charge is 2.19. The lowest BCUT2D eigenvalue weighted by Crippen LogP contribution is -2.42. The average molecular weight is 405 g/mol. The van der Waals surface area contributed by atoms with Crippen LogP contribution in [-0.4, -0.2) is 20.1 Å². The van der Waals surface area contributed by atoms with E-state index in [2.05, 4.69) is 5.43 Å². The Bertz CT molecular complexity index is 840. The van der Waals surface area contributed by atoms with Crippen LogP contribution in [0.4, 0.5) is 0 Å². The summed E-state index contributed by atoms with van der Waals surface area (Å²) in [6.07, 6.45) is 0. The first kappa shape index (κ1) is 19.1. The molecule has 0 radical (unpaired) electrons. The number of halogens is 2. The first-order valence-electron chi connectivity index (χ1n) is 6.73. The maximum atomic E-state index is 12.1. The minimum atomic E-state index is -4.00. The second-order valence-electron chi connectivity index (χ2n) is 4.83. The first-order valence-corrected chi connectivity index (χ1v) is 9.95. The Labute approximate surface area is 154 Å². The molecule has 0 bridgehead atoms. The van der Waals surface area contributed by atoms with Gasteiger partial charge in [0, 0.05) is 9.92 Å². The summed E-state index contributed by atoms with van der Waals surface area (Å²) < 4.78 is 24.3. The van der Waals surface area contributed by atoms with Crippen LogP contribution < -0.4 is 10.3 Å². The van der Waals surface area contributed by atoms with E-state index in [4.69, 9.17) is 23.2 Å². The fraction of sp³-hybridized carbons (Fsp3) is 0.133. The lowest BCUT2D eigenvalue weighted by Gasteiger charge is -2.10. The van der Waals surface area contributed by atoms with E-state index in [1.807, 2.05) is 36.0 Å². The zero-order chi connectivity index (χ0) is 17.7. The van der Waals surface area contributed by atoms with Gasteiger partial charge in [0.05, 0.1) is 10.8 Å². The predicted molar refractivity (Wildman–Crippen MR) is 96.8 cm³/mol. The van der Waals surface area contributed by atoms with Crippen LogP contribution in [0.5, 0.6) is 0 Å². The molecule has 0 saturated carbocycles. The second kappa shape index (κ2) is 8.22. The monoisotopic (exact) mass is 404 g/mol. The molecule has 0 saturated heterocycles. The molecule has 5 nitrogen and oxygen atoms in total. The quantitative estimate of drug-likeness (QED) is 0.571. The number of rotatable bonds is 6. The molecule has 2 rings (SSSR count). The highest BCUT2D eigenvalue weighted by Crippen LogP contribution is 2.24. The summed E-state index contributed by atoms with van der Waals surface area (Å²) >= 11 is 12.9. The molecule has 0 aliphatic carbocycles. The number of thioether (sulfide) groups is 1. The van der Waals surface area contributed by atoms with E-state index < -0.39 is 15.9 Å². The number of carbonyl (C=O) groups excluding carboxylic acids is 1. The standard InChI is InChI=1S/C15H14Cl2N2O3S2/c1-10-2-5-12(6-3-10)23-9-15(20)18-19-24(21,22)14-8-11(16)4-7-13(14)17/h2-8,19H,9H2,1H3,(H,18,20). The van der Waals surface area contributed by atoms with Gasteiger partial charge in [-0.05, 0) is 37.3 Å². The van der Waals surface area contributed by atoms with Crippen LogP contribution in [-0.2, 0) is 14.8 Å². The number of nitrogens with one attached hydrogen (secondary N) is 2. The molecule has 0 unspecified atom stereocenters. The van der Waals surface area contributed by atoms with Gasteiger partial charge in [0.1, 0.15) is 4.90 Å². The summed E-state index contributed by atoms with van der Waals surface area (Å²) in [6, 6.07) is 11.7. The largest absolute Gasteiger partial charge is 0.277 e. The number of hydrogen-bond donors (Lipinski definition) is 2. The number of sulfonamides is 1. The fourth-order valence-electron chi connectivity index (χ4n) is 1.68. The van der Waals surface area contributed by atoms with Crippen molar-refractivity contribution in [1.82, 2.24) is 10.3 Å². The van der Waals surface area contributed by atoms with Gasteiger partial charge >= 0.3 is 0 Å². The Morgan fingerprint density at radius 2 is 1.79 bits per heavy atom. The van der Waals surface area contributed by atoms with Gasteiger partial charge < -0.3 is 0 Å². The van der Waals surface area contributed by atoms with Gasteiger partial charge in [0.2, 0.25) is 5.91 Å². The molecule has 0 spiro atoms. The molecule has 0 fully saturated rings. The van der Waals surface area contributed by atoms with Gasteiger partial charge in [-0.1, -0.05) is 40.9 Å². The Morgan fingerprint density at radius 3 is 2.46 bits per heavy atom. The zero-order valence-corrected chi connectivity index (χ0v) is 15.7. The number of hydrazine groups is 1. The van der Waals surface area contributed by atoms with Crippen molar-refractivity contribution in [2.24, 2.45) is 0 Å². The molecule has 128 valence electrons. The van der Waals surface area contributed by atoms with E-state index in [-0.39, 0.29) is 20.7 Å². The van der Waals surface area contributed by atoms with Crippen LogP contribution in [0.3, 0.4) is 0 Å². The summed E-state index contributed by atoms with van der Waals surface area (Å²) in [5.74, 6) is -0.420. The molecule has 2 N–H and O–H groups in total. The van der Waals surface area contributed by atoms with Crippen molar-refractivity contribution in [3.8, 4) is 0 Å². The van der Waals surface area contributed by atoms with Crippen molar-refractivity contribution in [2.75, 3.05) is 5.75 Å². The maximum absolute atomic E-state index is 12.1. The molecule has 24 heavy (non-hydrogen) atoms. The van der Waals surface area contributed by atoms with Crippen molar-refractivity contribution in [1.29, 1.82) is 0 Å². The fourth-order valence-corrected chi connectivity index (χ4v) is 4.00. The number of aryl methyl sites for hydroxylation is 1. The third kappa shape index (κ3) is 5.39. The van der Waals surface area contributed by atoms with E-state index in [0.717, 1.165) is 10.5 Å². The maximum Gasteiger partial charge on any atom is 0.258 e. The second-order valence-corrected chi connectivity index (χ2v) is 8.37. The van der Waals surface area contributed by atoms with Crippen molar-refractivity contribution in [3.63, 3.8) is 0 Å². The Morgan fingerprint density at radius 1 is 1.12 bits per heavy atom. The number of carbonyl (C=O) groups is 1. The zero-order valence-electron chi connectivity index (χ0n) is 12.5. The summed E-state index contributed by atoms with van der Waals surface area (Å²) in [5, 5.41) is 0.233. The van der Waals surface area contributed by atoms with Crippen LogP contribution in [0.25, 0.3) is 0 Å². The summed E-state index contributed by atoms with van der Waals surface area (Å²) in [4.78, 5) is 14.5. The van der Waals surface area contributed by atoms with Gasteiger partial charge in [0.25, 0.3) is 10.0 Å². The molecule has 0 aliphatic heterocycles. The van der Waals surface area contributed by atoms with Crippen molar-refractivity contribution in [2.45, 2.75) is 16.7 Å². The highest BCUT2D eigenvalue weighted by atomic mass is 35.5. The van der Waals surface area contributed by atoms with Crippen LogP contribution in [0.1, 0.15) is 5.56 Å². The molecule has 0 atom stereocenters. The molecule has 2 aromatic rings. The minimum Gasteiger partial charge on any atom is -0.277 e. The Balaban J connectivity index is 1.93. The molecule has 1 amide bonds. The third-order valence-corrected chi connectivity index (χ3v) is 5.87. The topological polar surface area (TPSA) is 75.3 Å². The van der Waals surface area contributed by atoms with Gasteiger partial charge in [0.15, 0.2) is 0 Å². The predicted octanol–water partition coefficient (Wildman–Crippen LogP) is 3.40. The lowest BCUT2D eigenvalue weighted by atomic mass is 10.2. The Hall–Kier alpha value is -1.25. The van der Waals surface area contributed by atoms with E-state index in [0.29, 0.717) is 0 Å². The average Bonchev–Trinajstić information content (AvgIpc) is 2.54. The van der Waals surface area contributed by atoms with Gasteiger partial charge in [-0.3, -0.25) is 10.2 Å². The SMILES string of the molecule is Cc1ccc(SCC(=O)NNS(=O)(=O)c2cc(Cl)ccc2Cl)cc1. The van der Waals surface area contributed by atoms with Crippen molar-refractivity contribution >= 4 is 50.9 Å². The number of amides is 1. The van der Waals surface area contributed by atoms with Crippen LogP contribution in [0.15, 0.2) is 52.3 Å². The van der Waals surface area contributed by atoms with E-state index in [1.54, 1.807) is 0 Å². The normalized spacial score (nSPS) is 11.3. The smallest absolute Gasteiger partial charge is 0.258 e. The molecule has 0 heterocycles. The number of hydrogen-bond acceptors (Lipinski definition) is 4. The first-order chi connectivity index (χ1) is 11.3. The molecule has 0 aromatic heterocycles. The van der Waals surface area contributed by atoms with Crippen LogP contribution in [0, 0.1) is 6.92 Å². The molecule has 2 aromatic carbocycles. The van der Waals surface area contributed by atoms with Crippen LogP contribution >= 0.6 is 35.0 Å².